The third-order valence-electron chi connectivity index (χ3n) is 3.64. The molecule has 1 aromatic heterocycles. The van der Waals surface area contributed by atoms with Crippen LogP contribution in [0.2, 0.25) is 0 Å². The minimum atomic E-state index is 0.332. The zero-order valence-electron chi connectivity index (χ0n) is 13.5. The van der Waals surface area contributed by atoms with E-state index in [1.165, 1.54) is 5.56 Å². The van der Waals surface area contributed by atoms with Crippen LogP contribution in [0, 0.1) is 6.92 Å². The number of hydrogen-bond acceptors (Lipinski definition) is 3. The van der Waals surface area contributed by atoms with E-state index < -0.39 is 0 Å². The van der Waals surface area contributed by atoms with Crippen molar-refractivity contribution in [3.05, 3.63) is 59.5 Å². The highest BCUT2D eigenvalue weighted by Crippen LogP contribution is 2.21. The number of hydrogen-bond donors (Lipinski definition) is 1. The molecule has 0 aliphatic heterocycles. The lowest BCUT2D eigenvalue weighted by Crippen LogP contribution is -2.35. The Morgan fingerprint density at radius 3 is 2.38 bits per heavy atom. The summed E-state index contributed by atoms with van der Waals surface area (Å²) in [5.74, 6) is 1.98. The van der Waals surface area contributed by atoms with E-state index >= 15 is 0 Å². The second kappa shape index (κ2) is 7.43. The van der Waals surface area contributed by atoms with Crippen LogP contribution in [-0.4, -0.2) is 24.5 Å². The summed E-state index contributed by atoms with van der Waals surface area (Å²) in [6, 6.07) is 15.5. The smallest absolute Gasteiger partial charge is 0.118 e. The molecule has 0 aliphatic carbocycles. The lowest BCUT2D eigenvalue weighted by molar-refractivity contribution is 0.209. The summed E-state index contributed by atoms with van der Waals surface area (Å²) in [4.78, 5) is 2.34. The van der Waals surface area contributed by atoms with Gasteiger partial charge in [-0.2, -0.15) is 0 Å². The normalized spacial score (nSPS) is 13.0. The zero-order chi connectivity index (χ0) is 15.2. The first-order chi connectivity index (χ1) is 10.1. The summed E-state index contributed by atoms with van der Waals surface area (Å²) in [5, 5.41) is 3.54. The molecule has 3 nitrogen and oxygen atoms in total. The molecule has 114 valence electrons. The van der Waals surface area contributed by atoms with E-state index in [1.807, 2.05) is 13.0 Å². The molecule has 0 spiro atoms. The number of nitrogens with one attached hydrogen (secondary N) is 1. The first kappa shape index (κ1) is 15.8. The zero-order valence-corrected chi connectivity index (χ0v) is 13.5. The molecule has 1 aromatic carbocycles. The maximum absolute atomic E-state index is 5.70. The molecule has 0 amide bonds. The number of likely N-dealkylation sites (N-methyl/N-ethyl adjacent to an activating group) is 1. The molecule has 1 heterocycles. The van der Waals surface area contributed by atoms with Gasteiger partial charge in [0.1, 0.15) is 11.5 Å². The van der Waals surface area contributed by atoms with Crippen molar-refractivity contribution >= 4 is 0 Å². The van der Waals surface area contributed by atoms with Gasteiger partial charge in [0, 0.05) is 18.6 Å². The summed E-state index contributed by atoms with van der Waals surface area (Å²) in [7, 11) is 2.15. The molecule has 0 fully saturated rings. The second-order valence-corrected chi connectivity index (χ2v) is 5.92. The maximum atomic E-state index is 5.70. The van der Waals surface area contributed by atoms with E-state index in [2.05, 4.69) is 67.5 Å². The quantitative estimate of drug-likeness (QED) is 0.840. The summed E-state index contributed by atoms with van der Waals surface area (Å²) in [6.07, 6.45) is 0. The van der Waals surface area contributed by atoms with E-state index in [0.717, 1.165) is 24.6 Å². The highest BCUT2D eigenvalue weighted by atomic mass is 16.3. The Bertz CT molecular complexity index is 533. The second-order valence-electron chi connectivity index (χ2n) is 5.92. The molecule has 2 rings (SSSR count). The van der Waals surface area contributed by atoms with Crippen LogP contribution in [0.4, 0.5) is 0 Å². The predicted molar refractivity (Wildman–Crippen MR) is 87.2 cm³/mol. The van der Waals surface area contributed by atoms with Gasteiger partial charge in [0.25, 0.3) is 0 Å². The van der Waals surface area contributed by atoms with Gasteiger partial charge in [-0.1, -0.05) is 44.2 Å². The molecular formula is C18H26N2O. The van der Waals surface area contributed by atoms with Gasteiger partial charge in [-0.3, -0.25) is 4.90 Å². The van der Waals surface area contributed by atoms with Crippen molar-refractivity contribution in [1.82, 2.24) is 10.2 Å². The molecule has 1 unspecified atom stereocenters. The highest BCUT2D eigenvalue weighted by Gasteiger charge is 2.18. The molecule has 21 heavy (non-hydrogen) atoms. The minimum Gasteiger partial charge on any atom is -0.465 e. The van der Waals surface area contributed by atoms with Crippen molar-refractivity contribution in [2.75, 3.05) is 13.6 Å². The van der Waals surface area contributed by atoms with Gasteiger partial charge < -0.3 is 9.73 Å². The lowest BCUT2D eigenvalue weighted by Gasteiger charge is -2.29. The Kier molecular flexibility index (Phi) is 5.59. The van der Waals surface area contributed by atoms with Crippen LogP contribution in [0.3, 0.4) is 0 Å². The first-order valence-electron chi connectivity index (χ1n) is 7.60. The van der Waals surface area contributed by atoms with Crippen LogP contribution < -0.4 is 5.32 Å². The minimum absolute atomic E-state index is 0.332. The predicted octanol–water partition coefficient (Wildman–Crippen LogP) is 3.76. The fraction of sp³-hybridized carbons (Fsp3) is 0.444. The monoisotopic (exact) mass is 286 g/mol. The average molecular weight is 286 g/mol. The van der Waals surface area contributed by atoms with Crippen molar-refractivity contribution < 1.29 is 4.42 Å². The van der Waals surface area contributed by atoms with Crippen molar-refractivity contribution in [3.63, 3.8) is 0 Å². The van der Waals surface area contributed by atoms with Gasteiger partial charge >= 0.3 is 0 Å². The van der Waals surface area contributed by atoms with E-state index in [0.29, 0.717) is 12.1 Å². The van der Waals surface area contributed by atoms with Crippen molar-refractivity contribution in [3.8, 4) is 0 Å². The molecule has 0 saturated heterocycles. The molecule has 1 N–H and O–H groups in total. The van der Waals surface area contributed by atoms with Gasteiger partial charge in [-0.15, -0.1) is 0 Å². The topological polar surface area (TPSA) is 28.4 Å². The maximum Gasteiger partial charge on any atom is 0.118 e. The summed E-state index contributed by atoms with van der Waals surface area (Å²) >= 11 is 0. The van der Waals surface area contributed by atoms with Gasteiger partial charge in [-0.05, 0) is 31.7 Å². The first-order valence-corrected chi connectivity index (χ1v) is 7.60. The van der Waals surface area contributed by atoms with Crippen LogP contribution in [0.5, 0.6) is 0 Å². The van der Waals surface area contributed by atoms with Crippen molar-refractivity contribution in [2.45, 2.75) is 39.4 Å². The lowest BCUT2D eigenvalue weighted by atomic mass is 10.1. The van der Waals surface area contributed by atoms with Crippen LogP contribution in [0.25, 0.3) is 0 Å². The molecule has 0 radical (unpaired) electrons. The highest BCUT2D eigenvalue weighted by molar-refractivity contribution is 5.19. The largest absolute Gasteiger partial charge is 0.465 e. The Hall–Kier alpha value is -1.58. The summed E-state index contributed by atoms with van der Waals surface area (Å²) < 4.78 is 5.70. The van der Waals surface area contributed by atoms with Crippen molar-refractivity contribution in [2.24, 2.45) is 0 Å². The molecule has 0 aliphatic rings. The van der Waals surface area contributed by atoms with Crippen LogP contribution >= 0.6 is 0 Å². The Balaban J connectivity index is 2.10. The van der Waals surface area contributed by atoms with Crippen LogP contribution in [0.15, 0.2) is 46.9 Å². The summed E-state index contributed by atoms with van der Waals surface area (Å²) in [6.45, 7) is 8.08. The van der Waals surface area contributed by atoms with Crippen LogP contribution in [-0.2, 0) is 6.54 Å². The Morgan fingerprint density at radius 2 is 1.81 bits per heavy atom. The van der Waals surface area contributed by atoms with Gasteiger partial charge in [0.05, 0.1) is 6.54 Å². The molecule has 0 saturated carbocycles. The SMILES string of the molecule is Cc1ccc(CN(C)C(CNC(C)C)c2ccccc2)o1. The fourth-order valence-electron chi connectivity index (χ4n) is 2.48. The molecule has 1 atom stereocenters. The van der Waals surface area contributed by atoms with E-state index in [9.17, 15) is 0 Å². The molecule has 0 bridgehead atoms. The number of rotatable bonds is 7. The van der Waals surface area contributed by atoms with E-state index in [-0.39, 0.29) is 0 Å². The van der Waals surface area contributed by atoms with Crippen molar-refractivity contribution in [1.29, 1.82) is 0 Å². The number of benzene rings is 1. The van der Waals surface area contributed by atoms with Gasteiger partial charge in [-0.25, -0.2) is 0 Å². The average Bonchev–Trinajstić information content (AvgIpc) is 2.85. The molecular weight excluding hydrogens is 260 g/mol. The summed E-state index contributed by atoms with van der Waals surface area (Å²) in [5.41, 5.74) is 1.33. The number of furan rings is 1. The molecule has 2 aromatic rings. The Morgan fingerprint density at radius 1 is 1.10 bits per heavy atom. The fourth-order valence-corrected chi connectivity index (χ4v) is 2.48. The third kappa shape index (κ3) is 4.73. The number of aryl methyl sites for hydroxylation is 1. The van der Waals surface area contributed by atoms with Gasteiger partial charge in [0.2, 0.25) is 0 Å². The Labute approximate surface area is 128 Å². The van der Waals surface area contributed by atoms with E-state index in [1.54, 1.807) is 0 Å². The van der Waals surface area contributed by atoms with E-state index in [4.69, 9.17) is 4.42 Å². The van der Waals surface area contributed by atoms with Gasteiger partial charge in [0.15, 0.2) is 0 Å². The molecule has 3 heteroatoms. The number of nitrogens with zero attached hydrogens (tertiary/aromatic N) is 1. The third-order valence-corrected chi connectivity index (χ3v) is 3.64. The van der Waals surface area contributed by atoms with Crippen LogP contribution in [0.1, 0.15) is 37.0 Å². The standard InChI is InChI=1S/C18H26N2O/c1-14(2)19-12-18(16-8-6-5-7-9-16)20(4)13-17-11-10-15(3)21-17/h5-11,14,18-19H,12-13H2,1-4H3.